The number of amides is 2. The first-order valence-electron chi connectivity index (χ1n) is 8.61. The fourth-order valence-electron chi connectivity index (χ4n) is 3.19. The Bertz CT molecular complexity index is 940. The molecule has 0 saturated carbocycles. The summed E-state index contributed by atoms with van der Waals surface area (Å²) in [7, 11) is 0. The Morgan fingerprint density at radius 3 is 2.81 bits per heavy atom. The van der Waals surface area contributed by atoms with Crippen molar-refractivity contribution >= 4 is 38.5 Å². The first-order valence-corrected chi connectivity index (χ1v) is 9.42. The molecular formula is C19H19N3O3S. The first kappa shape index (κ1) is 16.8. The van der Waals surface area contributed by atoms with Crippen LogP contribution < -0.4 is 5.32 Å². The highest BCUT2D eigenvalue weighted by atomic mass is 32.1. The molecule has 1 aromatic carbocycles. The van der Waals surface area contributed by atoms with Crippen molar-refractivity contribution in [1.82, 2.24) is 9.88 Å². The molecule has 0 radical (unpaired) electrons. The summed E-state index contributed by atoms with van der Waals surface area (Å²) < 4.78 is 6.23. The molecule has 1 aliphatic heterocycles. The van der Waals surface area contributed by atoms with Gasteiger partial charge in [0.25, 0.3) is 5.91 Å². The monoisotopic (exact) mass is 369 g/mol. The van der Waals surface area contributed by atoms with Crippen molar-refractivity contribution < 1.29 is 14.0 Å². The third kappa shape index (κ3) is 3.35. The molecule has 6 nitrogen and oxygen atoms in total. The summed E-state index contributed by atoms with van der Waals surface area (Å²) in [5, 5.41) is 3.57. The number of aromatic nitrogens is 1. The first-order chi connectivity index (χ1) is 12.6. The quantitative estimate of drug-likeness (QED) is 0.764. The molecule has 0 atom stereocenters. The second kappa shape index (κ2) is 6.92. The number of benzene rings is 1. The van der Waals surface area contributed by atoms with E-state index in [2.05, 4.69) is 16.4 Å². The predicted molar refractivity (Wildman–Crippen MR) is 100 cm³/mol. The zero-order valence-electron chi connectivity index (χ0n) is 14.4. The van der Waals surface area contributed by atoms with E-state index in [9.17, 15) is 9.59 Å². The Morgan fingerprint density at radius 2 is 2.08 bits per heavy atom. The molecule has 1 saturated heterocycles. The SMILES string of the molecule is Cc1ccc2nc(NC(=O)C3CCN(C(=O)c4ccco4)CC3)sc2c1. The van der Waals surface area contributed by atoms with E-state index in [4.69, 9.17) is 4.42 Å². The van der Waals surface area contributed by atoms with Crippen LogP contribution in [0.15, 0.2) is 41.0 Å². The van der Waals surface area contributed by atoms with Crippen molar-refractivity contribution in [3.63, 3.8) is 0 Å². The normalized spacial score (nSPS) is 15.3. The van der Waals surface area contributed by atoms with Crippen LogP contribution in [0.4, 0.5) is 5.13 Å². The number of aryl methyl sites for hydroxylation is 1. The zero-order valence-corrected chi connectivity index (χ0v) is 15.2. The lowest BCUT2D eigenvalue weighted by atomic mass is 9.96. The summed E-state index contributed by atoms with van der Waals surface area (Å²) in [6, 6.07) is 9.42. The zero-order chi connectivity index (χ0) is 18.1. The fourth-order valence-corrected chi connectivity index (χ4v) is 4.16. The number of nitrogens with zero attached hydrogens (tertiary/aromatic N) is 2. The standard InChI is InChI=1S/C19H19N3O3S/c1-12-4-5-14-16(11-12)26-19(20-14)21-17(23)13-6-8-22(9-7-13)18(24)15-3-2-10-25-15/h2-5,10-11,13H,6-9H2,1H3,(H,20,21,23). The summed E-state index contributed by atoms with van der Waals surface area (Å²) >= 11 is 1.49. The predicted octanol–water partition coefficient (Wildman–Crippen LogP) is 3.69. The molecule has 134 valence electrons. The van der Waals surface area contributed by atoms with E-state index in [0.29, 0.717) is 36.8 Å². The number of likely N-dealkylation sites (tertiary alicyclic amines) is 1. The Balaban J connectivity index is 1.36. The van der Waals surface area contributed by atoms with Gasteiger partial charge in [-0.1, -0.05) is 17.4 Å². The van der Waals surface area contributed by atoms with Gasteiger partial charge >= 0.3 is 0 Å². The minimum absolute atomic E-state index is 0.0223. The number of thiazole rings is 1. The van der Waals surface area contributed by atoms with Gasteiger partial charge in [-0.2, -0.15) is 0 Å². The molecule has 0 bridgehead atoms. The third-order valence-corrected chi connectivity index (χ3v) is 5.59. The Kier molecular flexibility index (Phi) is 4.46. The minimum atomic E-state index is -0.115. The molecule has 4 rings (SSSR count). The summed E-state index contributed by atoms with van der Waals surface area (Å²) in [5.74, 6) is 0.100. The number of carbonyl (C=O) groups excluding carboxylic acids is 2. The fraction of sp³-hybridized carbons (Fsp3) is 0.316. The number of fused-ring (bicyclic) bond motifs is 1. The van der Waals surface area contributed by atoms with E-state index in [1.807, 2.05) is 19.1 Å². The molecule has 1 fully saturated rings. The van der Waals surface area contributed by atoms with Crippen LogP contribution in [-0.4, -0.2) is 34.8 Å². The third-order valence-electron chi connectivity index (χ3n) is 4.66. The van der Waals surface area contributed by atoms with Gasteiger partial charge in [0.15, 0.2) is 10.9 Å². The van der Waals surface area contributed by atoms with Gasteiger partial charge in [0, 0.05) is 19.0 Å². The van der Waals surface area contributed by atoms with E-state index in [0.717, 1.165) is 10.2 Å². The molecule has 1 N–H and O–H groups in total. The van der Waals surface area contributed by atoms with E-state index >= 15 is 0 Å². The van der Waals surface area contributed by atoms with E-state index in [-0.39, 0.29) is 17.7 Å². The largest absolute Gasteiger partial charge is 0.459 e. The van der Waals surface area contributed by atoms with Crippen LogP contribution in [0.2, 0.25) is 0 Å². The number of hydrogen-bond donors (Lipinski definition) is 1. The molecule has 2 aromatic heterocycles. The number of nitrogens with one attached hydrogen (secondary N) is 1. The lowest BCUT2D eigenvalue weighted by Gasteiger charge is -2.30. The highest BCUT2D eigenvalue weighted by Crippen LogP contribution is 2.28. The van der Waals surface area contributed by atoms with Crippen LogP contribution in [-0.2, 0) is 4.79 Å². The topological polar surface area (TPSA) is 75.4 Å². The van der Waals surface area contributed by atoms with Crippen LogP contribution in [0.25, 0.3) is 10.2 Å². The van der Waals surface area contributed by atoms with Crippen LogP contribution in [0.1, 0.15) is 29.0 Å². The van der Waals surface area contributed by atoms with Gasteiger partial charge in [-0.3, -0.25) is 9.59 Å². The van der Waals surface area contributed by atoms with Crippen molar-refractivity contribution in [2.75, 3.05) is 18.4 Å². The summed E-state index contributed by atoms with van der Waals surface area (Å²) in [5.41, 5.74) is 2.07. The number of rotatable bonds is 3. The summed E-state index contributed by atoms with van der Waals surface area (Å²) in [6.45, 7) is 3.14. The van der Waals surface area contributed by atoms with Crippen LogP contribution in [0.3, 0.4) is 0 Å². The molecule has 0 spiro atoms. The highest BCUT2D eigenvalue weighted by Gasteiger charge is 2.29. The lowest BCUT2D eigenvalue weighted by Crippen LogP contribution is -2.41. The molecule has 0 unspecified atom stereocenters. The lowest BCUT2D eigenvalue weighted by molar-refractivity contribution is -0.121. The number of hydrogen-bond acceptors (Lipinski definition) is 5. The van der Waals surface area contributed by atoms with Gasteiger partial charge in [0.2, 0.25) is 5.91 Å². The van der Waals surface area contributed by atoms with E-state index in [1.54, 1.807) is 17.0 Å². The van der Waals surface area contributed by atoms with Gasteiger partial charge in [-0.15, -0.1) is 0 Å². The minimum Gasteiger partial charge on any atom is -0.459 e. The average molecular weight is 369 g/mol. The van der Waals surface area contributed by atoms with Gasteiger partial charge in [-0.25, -0.2) is 4.98 Å². The molecule has 2 amide bonds. The Hall–Kier alpha value is -2.67. The van der Waals surface area contributed by atoms with Crippen LogP contribution >= 0.6 is 11.3 Å². The van der Waals surface area contributed by atoms with Gasteiger partial charge in [-0.05, 0) is 49.6 Å². The average Bonchev–Trinajstić information content (AvgIpc) is 3.30. The summed E-state index contributed by atoms with van der Waals surface area (Å²) in [6.07, 6.45) is 2.78. The molecule has 26 heavy (non-hydrogen) atoms. The smallest absolute Gasteiger partial charge is 0.289 e. The Labute approximate surface area is 154 Å². The van der Waals surface area contributed by atoms with Crippen molar-refractivity contribution in [1.29, 1.82) is 0 Å². The maximum Gasteiger partial charge on any atom is 0.289 e. The van der Waals surface area contributed by atoms with Crippen LogP contribution in [0.5, 0.6) is 0 Å². The van der Waals surface area contributed by atoms with Crippen molar-refractivity contribution in [2.24, 2.45) is 5.92 Å². The number of piperidine rings is 1. The number of anilines is 1. The number of carbonyl (C=O) groups is 2. The van der Waals surface area contributed by atoms with Crippen molar-refractivity contribution in [2.45, 2.75) is 19.8 Å². The molecule has 3 heterocycles. The molecule has 0 aliphatic carbocycles. The molecule has 7 heteroatoms. The molecule has 3 aromatic rings. The number of furan rings is 1. The second-order valence-electron chi connectivity index (χ2n) is 6.52. The van der Waals surface area contributed by atoms with Gasteiger partial charge in [0.1, 0.15) is 0 Å². The Morgan fingerprint density at radius 1 is 1.27 bits per heavy atom. The van der Waals surface area contributed by atoms with E-state index in [1.165, 1.54) is 23.2 Å². The van der Waals surface area contributed by atoms with Crippen LogP contribution in [0, 0.1) is 12.8 Å². The van der Waals surface area contributed by atoms with Crippen molar-refractivity contribution in [3.8, 4) is 0 Å². The van der Waals surface area contributed by atoms with E-state index < -0.39 is 0 Å². The highest BCUT2D eigenvalue weighted by molar-refractivity contribution is 7.22. The molecular weight excluding hydrogens is 350 g/mol. The maximum atomic E-state index is 12.6. The van der Waals surface area contributed by atoms with Gasteiger partial charge in [0.05, 0.1) is 16.5 Å². The van der Waals surface area contributed by atoms with Crippen molar-refractivity contribution in [3.05, 3.63) is 47.9 Å². The van der Waals surface area contributed by atoms with Gasteiger partial charge < -0.3 is 14.6 Å². The summed E-state index contributed by atoms with van der Waals surface area (Å²) in [4.78, 5) is 31.0. The second-order valence-corrected chi connectivity index (χ2v) is 7.55. The maximum absolute atomic E-state index is 12.6. The molecule has 1 aliphatic rings.